The standard InChI is InChI=1S/C17H12N2O2S2/c20-23(21,17-19-14-8-1-2-9-15(14)22-17)11-13-6-3-5-12-7-4-10-18-16(12)13/h1-10H,11H2. The molecule has 0 unspecified atom stereocenters. The summed E-state index contributed by atoms with van der Waals surface area (Å²) in [6.07, 6.45) is 1.68. The summed E-state index contributed by atoms with van der Waals surface area (Å²) in [5.74, 6) is -0.0961. The predicted octanol–water partition coefficient (Wildman–Crippen LogP) is 3.82. The number of pyridine rings is 1. The maximum absolute atomic E-state index is 12.7. The first-order valence-corrected chi connectivity index (χ1v) is 9.51. The summed E-state index contributed by atoms with van der Waals surface area (Å²) in [6.45, 7) is 0. The molecule has 0 amide bonds. The number of para-hydroxylation sites is 2. The number of thiazole rings is 1. The van der Waals surface area contributed by atoms with Gasteiger partial charge in [-0.05, 0) is 23.8 Å². The molecule has 4 rings (SSSR count). The van der Waals surface area contributed by atoms with Gasteiger partial charge in [0.05, 0.1) is 21.5 Å². The zero-order valence-electron chi connectivity index (χ0n) is 12.0. The Labute approximate surface area is 137 Å². The molecular formula is C17H12N2O2S2. The third-order valence-corrected chi connectivity index (χ3v) is 6.76. The Hall–Kier alpha value is -2.31. The summed E-state index contributed by atoms with van der Waals surface area (Å²) in [5, 5.41) is 0.935. The van der Waals surface area contributed by atoms with Gasteiger partial charge >= 0.3 is 0 Å². The third kappa shape index (κ3) is 2.60. The van der Waals surface area contributed by atoms with E-state index in [0.717, 1.165) is 15.6 Å². The molecule has 0 radical (unpaired) electrons. The molecule has 114 valence electrons. The topological polar surface area (TPSA) is 59.9 Å². The van der Waals surface area contributed by atoms with Crippen LogP contribution in [0.5, 0.6) is 0 Å². The third-order valence-electron chi connectivity index (χ3n) is 3.60. The molecule has 0 fully saturated rings. The number of nitrogens with zero attached hydrogens (tertiary/aromatic N) is 2. The largest absolute Gasteiger partial charge is 0.256 e. The highest BCUT2D eigenvalue weighted by molar-refractivity contribution is 7.92. The minimum Gasteiger partial charge on any atom is -0.256 e. The van der Waals surface area contributed by atoms with Crippen molar-refractivity contribution in [2.45, 2.75) is 10.1 Å². The fourth-order valence-corrected chi connectivity index (χ4v) is 5.19. The van der Waals surface area contributed by atoms with E-state index >= 15 is 0 Å². The van der Waals surface area contributed by atoms with Crippen LogP contribution in [0.4, 0.5) is 0 Å². The number of hydrogen-bond acceptors (Lipinski definition) is 5. The smallest absolute Gasteiger partial charge is 0.210 e. The van der Waals surface area contributed by atoms with Gasteiger partial charge < -0.3 is 0 Å². The molecule has 2 aromatic heterocycles. The number of hydrogen-bond donors (Lipinski definition) is 0. The molecule has 0 spiro atoms. The molecule has 4 aromatic rings. The molecule has 0 saturated heterocycles. The number of sulfone groups is 1. The van der Waals surface area contributed by atoms with E-state index in [1.807, 2.05) is 48.5 Å². The lowest BCUT2D eigenvalue weighted by Crippen LogP contribution is -2.05. The maximum Gasteiger partial charge on any atom is 0.210 e. The second kappa shape index (κ2) is 5.40. The van der Waals surface area contributed by atoms with Crippen LogP contribution in [0.1, 0.15) is 5.56 Å². The summed E-state index contributed by atoms with van der Waals surface area (Å²) in [6, 6.07) is 16.8. The molecule has 0 saturated carbocycles. The zero-order valence-corrected chi connectivity index (χ0v) is 13.6. The molecular weight excluding hydrogens is 328 g/mol. The molecule has 0 bridgehead atoms. The Morgan fingerprint density at radius 3 is 2.65 bits per heavy atom. The first-order chi connectivity index (χ1) is 11.1. The lowest BCUT2D eigenvalue weighted by Gasteiger charge is -2.05. The summed E-state index contributed by atoms with van der Waals surface area (Å²) >= 11 is 1.21. The van der Waals surface area contributed by atoms with Crippen LogP contribution in [0.25, 0.3) is 21.1 Å². The lowest BCUT2D eigenvalue weighted by atomic mass is 10.1. The Kier molecular flexibility index (Phi) is 3.36. The number of benzene rings is 2. The Morgan fingerprint density at radius 2 is 1.78 bits per heavy atom. The summed E-state index contributed by atoms with van der Waals surface area (Å²) in [5.41, 5.74) is 2.13. The quantitative estimate of drug-likeness (QED) is 0.569. The van der Waals surface area contributed by atoms with E-state index in [1.165, 1.54) is 11.3 Å². The average Bonchev–Trinajstić information content (AvgIpc) is 3.00. The minimum absolute atomic E-state index is 0.0961. The SMILES string of the molecule is O=S(=O)(Cc1cccc2cccnc12)c1nc2ccccc2s1. The molecule has 0 N–H and O–H groups in total. The first-order valence-electron chi connectivity index (χ1n) is 7.04. The van der Waals surface area contributed by atoms with Crippen LogP contribution in [-0.2, 0) is 15.6 Å². The zero-order chi connectivity index (χ0) is 15.9. The molecule has 23 heavy (non-hydrogen) atoms. The highest BCUT2D eigenvalue weighted by Gasteiger charge is 2.21. The van der Waals surface area contributed by atoms with Crippen molar-refractivity contribution < 1.29 is 8.42 Å². The van der Waals surface area contributed by atoms with Gasteiger partial charge in [0.2, 0.25) is 14.2 Å². The van der Waals surface area contributed by atoms with Gasteiger partial charge in [0.25, 0.3) is 0 Å². The Balaban J connectivity index is 1.79. The Morgan fingerprint density at radius 1 is 0.957 bits per heavy atom. The summed E-state index contributed by atoms with van der Waals surface area (Å²) in [7, 11) is -3.50. The summed E-state index contributed by atoms with van der Waals surface area (Å²) in [4.78, 5) is 8.59. The van der Waals surface area contributed by atoms with E-state index in [4.69, 9.17) is 0 Å². The van der Waals surface area contributed by atoms with Crippen LogP contribution in [-0.4, -0.2) is 18.4 Å². The van der Waals surface area contributed by atoms with Crippen LogP contribution in [0.2, 0.25) is 0 Å². The van der Waals surface area contributed by atoms with E-state index in [-0.39, 0.29) is 10.1 Å². The van der Waals surface area contributed by atoms with Crippen LogP contribution in [0, 0.1) is 0 Å². The molecule has 2 heterocycles. The number of fused-ring (bicyclic) bond motifs is 2. The Bertz CT molecular complexity index is 1080. The highest BCUT2D eigenvalue weighted by Crippen LogP contribution is 2.28. The second-order valence-corrected chi connectivity index (χ2v) is 8.39. The van der Waals surface area contributed by atoms with Crippen molar-refractivity contribution >= 4 is 42.3 Å². The predicted molar refractivity (Wildman–Crippen MR) is 92.3 cm³/mol. The van der Waals surface area contributed by atoms with Crippen LogP contribution in [0.3, 0.4) is 0 Å². The van der Waals surface area contributed by atoms with E-state index < -0.39 is 9.84 Å². The first kappa shape index (κ1) is 14.3. The van der Waals surface area contributed by atoms with Crippen LogP contribution < -0.4 is 0 Å². The van der Waals surface area contributed by atoms with Crippen molar-refractivity contribution in [2.75, 3.05) is 0 Å². The molecule has 0 atom stereocenters. The van der Waals surface area contributed by atoms with Gasteiger partial charge in [-0.15, -0.1) is 11.3 Å². The number of rotatable bonds is 3. The van der Waals surface area contributed by atoms with E-state index in [1.54, 1.807) is 12.3 Å². The normalized spacial score (nSPS) is 12.0. The molecule has 0 aliphatic rings. The number of aromatic nitrogens is 2. The van der Waals surface area contributed by atoms with E-state index in [2.05, 4.69) is 9.97 Å². The van der Waals surface area contributed by atoms with Crippen molar-refractivity contribution in [3.8, 4) is 0 Å². The average molecular weight is 340 g/mol. The monoisotopic (exact) mass is 340 g/mol. The van der Waals surface area contributed by atoms with Gasteiger partial charge in [0.1, 0.15) is 0 Å². The van der Waals surface area contributed by atoms with Crippen molar-refractivity contribution in [1.29, 1.82) is 0 Å². The van der Waals surface area contributed by atoms with Crippen LogP contribution >= 0.6 is 11.3 Å². The highest BCUT2D eigenvalue weighted by atomic mass is 32.2. The van der Waals surface area contributed by atoms with Gasteiger partial charge in [-0.3, -0.25) is 4.98 Å². The molecule has 0 aliphatic carbocycles. The molecule has 6 heteroatoms. The molecule has 2 aromatic carbocycles. The van der Waals surface area contributed by atoms with Gasteiger partial charge in [-0.2, -0.15) is 0 Å². The fourth-order valence-electron chi connectivity index (χ4n) is 2.53. The van der Waals surface area contributed by atoms with Gasteiger partial charge in [0.15, 0.2) is 0 Å². The minimum atomic E-state index is -3.50. The van der Waals surface area contributed by atoms with Crippen molar-refractivity contribution in [1.82, 2.24) is 9.97 Å². The van der Waals surface area contributed by atoms with Crippen molar-refractivity contribution in [2.24, 2.45) is 0 Å². The van der Waals surface area contributed by atoms with E-state index in [9.17, 15) is 8.42 Å². The van der Waals surface area contributed by atoms with Gasteiger partial charge in [-0.25, -0.2) is 13.4 Å². The summed E-state index contributed by atoms with van der Waals surface area (Å²) < 4.78 is 26.5. The van der Waals surface area contributed by atoms with Crippen molar-refractivity contribution in [3.05, 3.63) is 66.4 Å². The van der Waals surface area contributed by atoms with Crippen molar-refractivity contribution in [3.63, 3.8) is 0 Å². The van der Waals surface area contributed by atoms with Gasteiger partial charge in [0, 0.05) is 11.6 Å². The second-order valence-electron chi connectivity index (χ2n) is 5.20. The molecule has 4 nitrogen and oxygen atoms in total. The lowest BCUT2D eigenvalue weighted by molar-refractivity contribution is 0.595. The fraction of sp³-hybridized carbons (Fsp3) is 0.0588. The molecule has 0 aliphatic heterocycles. The van der Waals surface area contributed by atoms with Crippen LogP contribution in [0.15, 0.2) is 65.1 Å². The van der Waals surface area contributed by atoms with E-state index in [0.29, 0.717) is 11.1 Å². The maximum atomic E-state index is 12.7. The van der Waals surface area contributed by atoms with Gasteiger partial charge in [-0.1, -0.05) is 36.4 Å².